The van der Waals surface area contributed by atoms with E-state index in [2.05, 4.69) is 59.5 Å². The van der Waals surface area contributed by atoms with Gasteiger partial charge in [0.15, 0.2) is 11.5 Å². The molecule has 6 aliphatic rings. The van der Waals surface area contributed by atoms with Crippen molar-refractivity contribution in [1.82, 2.24) is 9.80 Å². The van der Waals surface area contributed by atoms with E-state index in [1.54, 1.807) is 30.9 Å². The molecular weight excluding hydrogens is 943 g/mol. The van der Waals surface area contributed by atoms with Gasteiger partial charge in [0.2, 0.25) is 5.91 Å². The van der Waals surface area contributed by atoms with Crippen molar-refractivity contribution in [3.05, 3.63) is 90.0 Å². The molecule has 0 saturated carbocycles. The number of rotatable bonds is 15. The van der Waals surface area contributed by atoms with Crippen molar-refractivity contribution < 1.29 is 43.0 Å². The Bertz CT molecular complexity index is 2710. The van der Waals surface area contributed by atoms with E-state index in [-0.39, 0.29) is 42.1 Å². The number of hydrogen-bond donors (Lipinski definition) is 1. The van der Waals surface area contributed by atoms with Crippen molar-refractivity contribution in [3.8, 4) is 23.0 Å². The summed E-state index contributed by atoms with van der Waals surface area (Å²) >= 11 is 0. The molecule has 2 fully saturated rings. The second-order valence-corrected chi connectivity index (χ2v) is 20.0. The average molecular weight is 1010 g/mol. The molecule has 0 radical (unpaired) electrons. The number of amides is 3. The minimum atomic E-state index is -0.240. The highest BCUT2D eigenvalue weighted by atomic mass is 16.6. The first-order valence-corrected chi connectivity index (χ1v) is 26.0. The number of hydrogen-bond acceptors (Lipinski definition) is 15. The van der Waals surface area contributed by atoms with Crippen LogP contribution >= 0.6 is 0 Å². The lowest BCUT2D eigenvalue weighted by atomic mass is 10.1. The van der Waals surface area contributed by atoms with Gasteiger partial charge in [-0.15, -0.1) is 0 Å². The van der Waals surface area contributed by atoms with Crippen molar-refractivity contribution in [2.45, 2.75) is 84.7 Å². The van der Waals surface area contributed by atoms with Gasteiger partial charge in [-0.1, -0.05) is 34.6 Å². The quantitative estimate of drug-likeness (QED) is 0.135. The maximum atomic E-state index is 13.3. The number of piperazine rings is 2. The third-order valence-electron chi connectivity index (χ3n) is 14.1. The molecule has 74 heavy (non-hydrogen) atoms. The van der Waals surface area contributed by atoms with E-state index in [0.717, 1.165) is 124 Å². The molecule has 10 rings (SSSR count). The number of para-hydroxylation sites is 4. The maximum Gasteiger partial charge on any atom is 0.276 e. The van der Waals surface area contributed by atoms with Crippen molar-refractivity contribution in [2.75, 3.05) is 118 Å². The zero-order valence-corrected chi connectivity index (χ0v) is 43.9. The Kier molecular flexibility index (Phi) is 16.4. The smallest absolute Gasteiger partial charge is 0.276 e. The lowest BCUT2D eigenvalue weighted by Crippen LogP contribution is -2.48. The summed E-state index contributed by atoms with van der Waals surface area (Å²) in [6, 6.07) is 25.9. The van der Waals surface area contributed by atoms with Gasteiger partial charge >= 0.3 is 0 Å². The van der Waals surface area contributed by atoms with Gasteiger partial charge in [-0.05, 0) is 100 Å². The van der Waals surface area contributed by atoms with Gasteiger partial charge in [0.25, 0.3) is 11.8 Å². The Morgan fingerprint density at radius 1 is 0.581 bits per heavy atom. The van der Waals surface area contributed by atoms with E-state index in [1.807, 2.05) is 82.3 Å². The molecule has 18 heteroatoms. The summed E-state index contributed by atoms with van der Waals surface area (Å²) < 4.78 is 22.9. The van der Waals surface area contributed by atoms with Crippen LogP contribution in [0.4, 0.5) is 28.4 Å². The zero-order valence-electron chi connectivity index (χ0n) is 43.9. The number of carbonyl (C=O) groups excluding carboxylic acids is 3. The van der Waals surface area contributed by atoms with Crippen LogP contribution in [-0.2, 0) is 36.9 Å². The van der Waals surface area contributed by atoms with E-state index >= 15 is 0 Å². The minimum Gasteiger partial charge on any atom is -0.493 e. The molecule has 18 nitrogen and oxygen atoms in total. The van der Waals surface area contributed by atoms with E-state index in [1.165, 1.54) is 0 Å². The number of carbonyl (C=O) groups is 3. The van der Waals surface area contributed by atoms with Crippen LogP contribution in [0.3, 0.4) is 0 Å². The fourth-order valence-electron chi connectivity index (χ4n) is 10.5. The Labute approximate surface area is 434 Å². The summed E-state index contributed by atoms with van der Waals surface area (Å²) in [5.41, 5.74) is 7.78. The Hall–Kier alpha value is -7.05. The lowest BCUT2D eigenvalue weighted by molar-refractivity contribution is -0.116. The Morgan fingerprint density at radius 2 is 1.08 bits per heavy atom. The summed E-state index contributed by atoms with van der Waals surface area (Å²) in [6.07, 6.45) is 2.58. The van der Waals surface area contributed by atoms with Gasteiger partial charge in [0.05, 0.1) is 43.5 Å². The van der Waals surface area contributed by atoms with Crippen LogP contribution in [0.5, 0.6) is 23.0 Å². The number of nitrogens with zero attached hydrogens (tertiary/aromatic N) is 8. The number of benzene rings is 4. The molecule has 0 bridgehead atoms. The van der Waals surface area contributed by atoms with Gasteiger partial charge in [-0.2, -0.15) is 0 Å². The highest BCUT2D eigenvalue weighted by molar-refractivity contribution is 6.44. The Balaban J connectivity index is 0.000000182. The van der Waals surface area contributed by atoms with E-state index in [4.69, 9.17) is 28.6 Å². The molecule has 1 N–H and O–H groups in total. The fourth-order valence-corrected chi connectivity index (χ4v) is 10.5. The van der Waals surface area contributed by atoms with Crippen LogP contribution in [0.1, 0.15) is 58.6 Å². The topological polar surface area (TPSA) is 163 Å². The molecule has 0 spiro atoms. The van der Waals surface area contributed by atoms with E-state index < -0.39 is 0 Å². The molecule has 0 aliphatic carbocycles. The normalized spacial score (nSPS) is 19.5. The highest BCUT2D eigenvalue weighted by Gasteiger charge is 2.36. The second-order valence-electron chi connectivity index (χ2n) is 20.0. The SMILES string of the molecule is CC(=O)N1CCc2cc(NC(=O)C3=NOC(CN4CCN(c5ccccc5OC(C)C)CC4)C3)ccc21.COc1cc2c(cc1OC)N(C(=O)C1=NOC(CN3CCN(c4ccccc4OC(C)C)CC3)C1)CC2. The summed E-state index contributed by atoms with van der Waals surface area (Å²) in [7, 11) is 3.22. The van der Waals surface area contributed by atoms with E-state index in [9.17, 15) is 14.4 Å². The highest BCUT2D eigenvalue weighted by Crippen LogP contribution is 2.39. The number of fused-ring (bicyclic) bond motifs is 2. The molecule has 4 aromatic carbocycles. The van der Waals surface area contributed by atoms with Gasteiger partial charge in [-0.3, -0.25) is 24.2 Å². The van der Waals surface area contributed by atoms with Crippen LogP contribution in [0.25, 0.3) is 0 Å². The largest absolute Gasteiger partial charge is 0.493 e. The van der Waals surface area contributed by atoms with Gasteiger partial charge in [0.1, 0.15) is 35.1 Å². The van der Waals surface area contributed by atoms with Crippen molar-refractivity contribution >= 4 is 57.6 Å². The maximum absolute atomic E-state index is 13.3. The number of oxime groups is 2. The van der Waals surface area contributed by atoms with Crippen LogP contribution in [-0.4, -0.2) is 156 Å². The predicted molar refractivity (Wildman–Crippen MR) is 288 cm³/mol. The molecule has 6 heterocycles. The molecule has 4 aromatic rings. The third kappa shape index (κ3) is 12.1. The predicted octanol–water partition coefficient (Wildman–Crippen LogP) is 6.64. The van der Waals surface area contributed by atoms with Crippen molar-refractivity contribution in [2.24, 2.45) is 10.3 Å². The first-order chi connectivity index (χ1) is 35.8. The minimum absolute atomic E-state index is 0.0328. The first-order valence-electron chi connectivity index (χ1n) is 26.0. The van der Waals surface area contributed by atoms with E-state index in [0.29, 0.717) is 54.5 Å². The summed E-state index contributed by atoms with van der Waals surface area (Å²) in [6.45, 7) is 19.8. The number of nitrogens with one attached hydrogen (secondary N) is 1. The lowest BCUT2D eigenvalue weighted by Gasteiger charge is -2.37. The summed E-state index contributed by atoms with van der Waals surface area (Å²) in [5, 5.41) is 11.2. The molecule has 2 atom stereocenters. The number of anilines is 5. The molecular formula is C56H71N9O9. The summed E-state index contributed by atoms with van der Waals surface area (Å²) in [5.74, 6) is 2.84. The van der Waals surface area contributed by atoms with Gasteiger partial charge < -0.3 is 53.5 Å². The molecule has 394 valence electrons. The van der Waals surface area contributed by atoms with Crippen LogP contribution in [0.2, 0.25) is 0 Å². The second kappa shape index (κ2) is 23.4. The number of ether oxygens (including phenoxy) is 4. The van der Waals surface area contributed by atoms with Crippen LogP contribution < -0.4 is 43.9 Å². The van der Waals surface area contributed by atoms with Gasteiger partial charge in [0, 0.05) is 116 Å². The molecule has 2 saturated heterocycles. The third-order valence-corrected chi connectivity index (χ3v) is 14.1. The molecule has 6 aliphatic heterocycles. The molecule has 0 aromatic heterocycles. The van der Waals surface area contributed by atoms with Crippen LogP contribution in [0.15, 0.2) is 89.2 Å². The van der Waals surface area contributed by atoms with Gasteiger partial charge in [-0.25, -0.2) is 0 Å². The monoisotopic (exact) mass is 1010 g/mol. The Morgan fingerprint density at radius 3 is 1.62 bits per heavy atom. The average Bonchev–Trinajstić information content (AvgIpc) is 4.24. The number of methoxy groups -OCH3 is 2. The first kappa shape index (κ1) is 51.8. The van der Waals surface area contributed by atoms with Crippen molar-refractivity contribution in [1.29, 1.82) is 0 Å². The summed E-state index contributed by atoms with van der Waals surface area (Å²) in [4.78, 5) is 62.3. The molecule has 3 amide bonds. The van der Waals surface area contributed by atoms with Crippen molar-refractivity contribution in [3.63, 3.8) is 0 Å². The van der Waals surface area contributed by atoms with Crippen LogP contribution in [0, 0.1) is 0 Å². The fraction of sp³-hybridized carbons (Fsp3) is 0.482. The standard InChI is InChI=1S/C28H35N5O4.C28H36N4O5/c1-19(2)36-27-7-5-4-6-26(27)32-14-12-31(13-15-32)18-23-17-24(30-37-23)28(35)29-22-8-9-25-21(16-22)10-11-33(25)20(3)34;1-19(2)36-25-8-6-5-7-23(25)31-13-11-30(12-14-31)18-21-16-22(29-37-21)28(33)32-10-9-20-15-26(34-3)27(35-4)17-24(20)32/h4-9,16,19,23H,10-15,17-18H2,1-3H3,(H,29,35);5-8,15,17,19,21H,9-14,16,18H2,1-4H3. The zero-order chi connectivity index (χ0) is 51.9. The molecule has 2 unspecified atom stereocenters.